The molecule has 2 aromatic rings. The zero-order valence-corrected chi connectivity index (χ0v) is 16.2. The summed E-state index contributed by atoms with van der Waals surface area (Å²) in [6.45, 7) is 5.63. The Morgan fingerprint density at radius 2 is 1.36 bits per heavy atom. The van der Waals surface area contributed by atoms with E-state index >= 15 is 0 Å². The van der Waals surface area contributed by atoms with Crippen LogP contribution in [0.4, 0.5) is 0 Å². The van der Waals surface area contributed by atoms with E-state index in [2.05, 4.69) is 5.32 Å². The van der Waals surface area contributed by atoms with Crippen LogP contribution >= 0.6 is 0 Å². The van der Waals surface area contributed by atoms with Gasteiger partial charge < -0.3 is 15.1 Å². The maximum atomic E-state index is 12.6. The first-order valence-electron chi connectivity index (χ1n) is 9.46. The van der Waals surface area contributed by atoms with E-state index in [0.717, 1.165) is 5.56 Å². The molecule has 6 heteroatoms. The first kappa shape index (κ1) is 19.6. The molecule has 1 fully saturated rings. The van der Waals surface area contributed by atoms with Crippen LogP contribution in [0.5, 0.6) is 0 Å². The summed E-state index contributed by atoms with van der Waals surface area (Å²) in [5.74, 6) is -0.217. The summed E-state index contributed by atoms with van der Waals surface area (Å²) in [5.41, 5.74) is 2.09. The summed E-state index contributed by atoms with van der Waals surface area (Å²) in [6.07, 6.45) is 0. The highest BCUT2D eigenvalue weighted by Gasteiger charge is 2.23. The molecule has 1 heterocycles. The molecular formula is C22H25N3O3. The Kier molecular flexibility index (Phi) is 6.09. The summed E-state index contributed by atoms with van der Waals surface area (Å²) in [6, 6.07) is 16.4. The highest BCUT2D eigenvalue weighted by Crippen LogP contribution is 2.14. The Hall–Kier alpha value is -3.15. The Bertz CT molecular complexity index is 841. The SMILES string of the molecule is CC(=O)N1CCN(C(=O)c2ccc(C(=O)NC(C)c3ccccc3)cc2)CC1. The molecule has 0 aromatic heterocycles. The van der Waals surface area contributed by atoms with Gasteiger partial charge in [-0.05, 0) is 36.8 Å². The molecule has 0 radical (unpaired) electrons. The second kappa shape index (κ2) is 8.69. The van der Waals surface area contributed by atoms with E-state index in [1.165, 1.54) is 0 Å². The van der Waals surface area contributed by atoms with Gasteiger partial charge in [-0.15, -0.1) is 0 Å². The lowest BCUT2D eigenvalue weighted by Crippen LogP contribution is -2.50. The number of carbonyl (C=O) groups is 3. The van der Waals surface area contributed by atoms with E-state index in [-0.39, 0.29) is 23.8 Å². The van der Waals surface area contributed by atoms with Crippen molar-refractivity contribution in [2.45, 2.75) is 19.9 Å². The Balaban J connectivity index is 1.59. The Labute approximate surface area is 165 Å². The molecule has 0 bridgehead atoms. The summed E-state index contributed by atoms with van der Waals surface area (Å²) >= 11 is 0. The van der Waals surface area contributed by atoms with E-state index in [1.54, 1.807) is 41.0 Å². The molecule has 0 saturated carbocycles. The first-order valence-corrected chi connectivity index (χ1v) is 9.46. The third-order valence-corrected chi connectivity index (χ3v) is 5.05. The number of benzene rings is 2. The van der Waals surface area contributed by atoms with Crippen molar-refractivity contribution in [3.05, 3.63) is 71.3 Å². The fraction of sp³-hybridized carbons (Fsp3) is 0.318. The van der Waals surface area contributed by atoms with Gasteiger partial charge in [0, 0.05) is 44.2 Å². The van der Waals surface area contributed by atoms with Crippen LogP contribution in [0.1, 0.15) is 46.2 Å². The molecule has 1 saturated heterocycles. The van der Waals surface area contributed by atoms with Crippen LogP contribution < -0.4 is 5.32 Å². The molecule has 146 valence electrons. The lowest BCUT2D eigenvalue weighted by molar-refractivity contribution is -0.130. The lowest BCUT2D eigenvalue weighted by Gasteiger charge is -2.34. The highest BCUT2D eigenvalue weighted by atomic mass is 16.2. The molecule has 1 unspecified atom stereocenters. The van der Waals surface area contributed by atoms with Crippen molar-refractivity contribution >= 4 is 17.7 Å². The standard InChI is InChI=1S/C22H25N3O3/c1-16(18-6-4-3-5-7-18)23-21(27)19-8-10-20(11-9-19)22(28)25-14-12-24(13-15-25)17(2)26/h3-11,16H,12-15H2,1-2H3,(H,23,27). The summed E-state index contributed by atoms with van der Waals surface area (Å²) in [7, 11) is 0. The number of nitrogens with one attached hydrogen (secondary N) is 1. The Morgan fingerprint density at radius 1 is 0.821 bits per heavy atom. The van der Waals surface area contributed by atoms with Crippen molar-refractivity contribution in [2.75, 3.05) is 26.2 Å². The van der Waals surface area contributed by atoms with Crippen LogP contribution in [0.15, 0.2) is 54.6 Å². The van der Waals surface area contributed by atoms with Gasteiger partial charge in [0.15, 0.2) is 0 Å². The van der Waals surface area contributed by atoms with E-state index in [9.17, 15) is 14.4 Å². The molecule has 2 aromatic carbocycles. The van der Waals surface area contributed by atoms with E-state index < -0.39 is 0 Å². The quantitative estimate of drug-likeness (QED) is 0.887. The topological polar surface area (TPSA) is 69.7 Å². The number of hydrogen-bond acceptors (Lipinski definition) is 3. The highest BCUT2D eigenvalue weighted by molar-refractivity contribution is 5.98. The molecule has 0 spiro atoms. The first-order chi connectivity index (χ1) is 13.5. The maximum Gasteiger partial charge on any atom is 0.253 e. The zero-order valence-electron chi connectivity index (χ0n) is 16.2. The van der Waals surface area contributed by atoms with Crippen molar-refractivity contribution in [1.29, 1.82) is 0 Å². The third-order valence-electron chi connectivity index (χ3n) is 5.05. The number of nitrogens with zero attached hydrogens (tertiary/aromatic N) is 2. The number of carbonyl (C=O) groups excluding carboxylic acids is 3. The molecular weight excluding hydrogens is 354 g/mol. The van der Waals surface area contributed by atoms with Gasteiger partial charge in [-0.2, -0.15) is 0 Å². The number of rotatable bonds is 4. The monoisotopic (exact) mass is 379 g/mol. The minimum absolute atomic E-state index is 0.0344. The minimum Gasteiger partial charge on any atom is -0.346 e. The van der Waals surface area contributed by atoms with Gasteiger partial charge in [0.05, 0.1) is 6.04 Å². The lowest BCUT2D eigenvalue weighted by atomic mass is 10.1. The van der Waals surface area contributed by atoms with Crippen LogP contribution in [0.2, 0.25) is 0 Å². The molecule has 28 heavy (non-hydrogen) atoms. The molecule has 3 amide bonds. The van der Waals surface area contributed by atoms with Crippen molar-refractivity contribution in [2.24, 2.45) is 0 Å². The number of piperazine rings is 1. The van der Waals surface area contributed by atoms with Crippen LogP contribution in [0.25, 0.3) is 0 Å². The summed E-state index contributed by atoms with van der Waals surface area (Å²) < 4.78 is 0. The predicted octanol–water partition coefficient (Wildman–Crippen LogP) is 2.48. The average molecular weight is 379 g/mol. The van der Waals surface area contributed by atoms with Gasteiger partial charge in [0.1, 0.15) is 0 Å². The summed E-state index contributed by atoms with van der Waals surface area (Å²) in [4.78, 5) is 40.0. The van der Waals surface area contributed by atoms with E-state index in [0.29, 0.717) is 37.3 Å². The van der Waals surface area contributed by atoms with Gasteiger partial charge in [-0.1, -0.05) is 30.3 Å². The van der Waals surface area contributed by atoms with Crippen molar-refractivity contribution in [3.8, 4) is 0 Å². The van der Waals surface area contributed by atoms with Crippen LogP contribution in [-0.2, 0) is 4.79 Å². The fourth-order valence-corrected chi connectivity index (χ4v) is 3.28. The number of hydrogen-bond donors (Lipinski definition) is 1. The van der Waals surface area contributed by atoms with Gasteiger partial charge in [-0.25, -0.2) is 0 Å². The van der Waals surface area contributed by atoms with Gasteiger partial charge in [0.2, 0.25) is 5.91 Å². The molecule has 1 N–H and O–H groups in total. The van der Waals surface area contributed by atoms with Crippen molar-refractivity contribution in [3.63, 3.8) is 0 Å². The van der Waals surface area contributed by atoms with Crippen molar-refractivity contribution in [1.82, 2.24) is 15.1 Å². The van der Waals surface area contributed by atoms with Crippen LogP contribution in [0, 0.1) is 0 Å². The van der Waals surface area contributed by atoms with Gasteiger partial charge in [-0.3, -0.25) is 14.4 Å². The molecule has 1 aliphatic rings. The smallest absolute Gasteiger partial charge is 0.253 e. The van der Waals surface area contributed by atoms with Crippen LogP contribution in [0.3, 0.4) is 0 Å². The normalized spacial score (nSPS) is 15.1. The fourth-order valence-electron chi connectivity index (χ4n) is 3.28. The second-order valence-corrected chi connectivity index (χ2v) is 6.98. The molecule has 3 rings (SSSR count). The molecule has 1 aliphatic heterocycles. The molecule has 0 aliphatic carbocycles. The summed E-state index contributed by atoms with van der Waals surface area (Å²) in [5, 5.41) is 2.97. The maximum absolute atomic E-state index is 12.6. The molecule has 1 atom stereocenters. The Morgan fingerprint density at radius 3 is 1.93 bits per heavy atom. The van der Waals surface area contributed by atoms with E-state index in [4.69, 9.17) is 0 Å². The number of amides is 3. The van der Waals surface area contributed by atoms with Gasteiger partial charge in [0.25, 0.3) is 11.8 Å². The zero-order chi connectivity index (χ0) is 20.1. The third kappa shape index (κ3) is 4.57. The van der Waals surface area contributed by atoms with E-state index in [1.807, 2.05) is 37.3 Å². The largest absolute Gasteiger partial charge is 0.346 e. The van der Waals surface area contributed by atoms with Gasteiger partial charge >= 0.3 is 0 Å². The average Bonchev–Trinajstić information content (AvgIpc) is 2.74. The van der Waals surface area contributed by atoms with Crippen LogP contribution in [-0.4, -0.2) is 53.7 Å². The predicted molar refractivity (Wildman–Crippen MR) is 107 cm³/mol. The second-order valence-electron chi connectivity index (χ2n) is 6.98. The molecule has 6 nitrogen and oxygen atoms in total. The minimum atomic E-state index is -0.176. The van der Waals surface area contributed by atoms with Crippen molar-refractivity contribution < 1.29 is 14.4 Å².